The third-order valence-corrected chi connectivity index (χ3v) is 5.23. The maximum atomic E-state index is 12.2. The first-order chi connectivity index (χ1) is 12.0. The van der Waals surface area contributed by atoms with Crippen LogP contribution < -0.4 is 5.32 Å². The second-order valence-electron chi connectivity index (χ2n) is 7.03. The predicted molar refractivity (Wildman–Crippen MR) is 88.5 cm³/mol. The lowest BCUT2D eigenvalue weighted by atomic mass is 9.94. The Morgan fingerprint density at radius 3 is 2.32 bits per heavy atom. The van der Waals surface area contributed by atoms with Crippen LogP contribution in [-0.2, 0) is 23.9 Å². The first-order valence-electron chi connectivity index (χ1n) is 9.13. The van der Waals surface area contributed by atoms with E-state index in [2.05, 4.69) is 5.32 Å². The van der Waals surface area contributed by atoms with Crippen molar-refractivity contribution in [3.05, 3.63) is 0 Å². The van der Waals surface area contributed by atoms with E-state index in [1.54, 1.807) is 4.90 Å². The smallest absolute Gasteiger partial charge is 0.312 e. The van der Waals surface area contributed by atoms with Gasteiger partial charge in [0.05, 0.1) is 6.61 Å². The summed E-state index contributed by atoms with van der Waals surface area (Å²) in [6.07, 6.45) is 5.01. The standard InChI is InChI=1S/C17H27N3O5/c1-13(21)19-7-9-20(10-8-19)16(23)15(22)18-11-14-12-24-17(25-14)5-3-2-4-6-17/h14H,2-12H2,1H3,(H,18,22)/t14-/m0/s1. The van der Waals surface area contributed by atoms with Crippen LogP contribution in [0.1, 0.15) is 39.0 Å². The Balaban J connectivity index is 1.41. The molecule has 1 atom stereocenters. The van der Waals surface area contributed by atoms with Gasteiger partial charge < -0.3 is 24.6 Å². The van der Waals surface area contributed by atoms with Gasteiger partial charge in [-0.05, 0) is 12.8 Å². The molecule has 1 N–H and O–H groups in total. The summed E-state index contributed by atoms with van der Waals surface area (Å²) in [6, 6.07) is 0. The van der Waals surface area contributed by atoms with Crippen LogP contribution in [0.4, 0.5) is 0 Å². The minimum absolute atomic E-state index is 0.00780. The molecule has 140 valence electrons. The lowest BCUT2D eigenvalue weighted by Crippen LogP contribution is -2.54. The van der Waals surface area contributed by atoms with Gasteiger partial charge in [-0.15, -0.1) is 0 Å². The van der Waals surface area contributed by atoms with E-state index in [-0.39, 0.29) is 18.6 Å². The van der Waals surface area contributed by atoms with E-state index in [4.69, 9.17) is 9.47 Å². The van der Waals surface area contributed by atoms with Crippen molar-refractivity contribution in [1.82, 2.24) is 15.1 Å². The third-order valence-electron chi connectivity index (χ3n) is 5.23. The lowest BCUT2D eigenvalue weighted by molar-refractivity contribution is -0.186. The SMILES string of the molecule is CC(=O)N1CCN(C(=O)C(=O)NC[C@H]2COC3(CCCCC3)O2)CC1. The van der Waals surface area contributed by atoms with Crippen molar-refractivity contribution in [2.75, 3.05) is 39.3 Å². The zero-order chi connectivity index (χ0) is 17.9. The molecule has 2 aliphatic heterocycles. The molecule has 0 radical (unpaired) electrons. The van der Waals surface area contributed by atoms with E-state index < -0.39 is 17.6 Å². The van der Waals surface area contributed by atoms with Crippen molar-refractivity contribution in [3.63, 3.8) is 0 Å². The van der Waals surface area contributed by atoms with Crippen molar-refractivity contribution in [1.29, 1.82) is 0 Å². The fourth-order valence-corrected chi connectivity index (χ4v) is 3.72. The summed E-state index contributed by atoms with van der Waals surface area (Å²) in [4.78, 5) is 38.8. The first kappa shape index (κ1) is 18.1. The molecule has 0 aromatic carbocycles. The minimum atomic E-state index is -0.621. The number of nitrogens with one attached hydrogen (secondary N) is 1. The highest BCUT2D eigenvalue weighted by Gasteiger charge is 2.42. The molecule has 1 aliphatic carbocycles. The van der Waals surface area contributed by atoms with E-state index in [1.807, 2.05) is 0 Å². The van der Waals surface area contributed by atoms with Gasteiger partial charge >= 0.3 is 11.8 Å². The monoisotopic (exact) mass is 353 g/mol. The van der Waals surface area contributed by atoms with Crippen LogP contribution in [0.15, 0.2) is 0 Å². The van der Waals surface area contributed by atoms with Gasteiger partial charge in [0.15, 0.2) is 5.79 Å². The van der Waals surface area contributed by atoms with Gasteiger partial charge in [-0.25, -0.2) is 0 Å². The highest BCUT2D eigenvalue weighted by molar-refractivity contribution is 6.35. The fraction of sp³-hybridized carbons (Fsp3) is 0.824. The largest absolute Gasteiger partial charge is 0.347 e. The summed E-state index contributed by atoms with van der Waals surface area (Å²) in [5.74, 6) is -1.65. The Bertz CT molecular complexity index is 524. The number of ether oxygens (including phenoxy) is 2. The van der Waals surface area contributed by atoms with Crippen molar-refractivity contribution in [3.8, 4) is 0 Å². The van der Waals surface area contributed by atoms with Gasteiger partial charge in [-0.2, -0.15) is 0 Å². The Labute approximate surface area is 147 Å². The minimum Gasteiger partial charge on any atom is -0.347 e. The molecular formula is C17H27N3O5. The number of nitrogens with zero attached hydrogens (tertiary/aromatic N) is 2. The molecule has 3 fully saturated rings. The average Bonchev–Trinajstić information content (AvgIpc) is 3.02. The van der Waals surface area contributed by atoms with Gasteiger partial charge in [-0.1, -0.05) is 6.42 Å². The third kappa shape index (κ3) is 4.30. The molecule has 2 heterocycles. The van der Waals surface area contributed by atoms with Gasteiger partial charge in [0.1, 0.15) is 6.10 Å². The van der Waals surface area contributed by atoms with Crippen molar-refractivity contribution in [2.45, 2.75) is 50.9 Å². The number of carbonyl (C=O) groups excluding carboxylic acids is 3. The molecule has 0 unspecified atom stereocenters. The van der Waals surface area contributed by atoms with Crippen LogP contribution in [0.5, 0.6) is 0 Å². The summed E-state index contributed by atoms with van der Waals surface area (Å²) in [6.45, 7) is 3.95. The number of piperazine rings is 1. The number of rotatable bonds is 2. The van der Waals surface area contributed by atoms with Crippen LogP contribution in [0.25, 0.3) is 0 Å². The first-order valence-corrected chi connectivity index (χ1v) is 9.13. The maximum Gasteiger partial charge on any atom is 0.312 e. The van der Waals surface area contributed by atoms with Crippen LogP contribution >= 0.6 is 0 Å². The summed E-state index contributed by atoms with van der Waals surface area (Å²) in [5.41, 5.74) is 0. The molecule has 3 rings (SSSR count). The normalized spacial score (nSPS) is 25.9. The number of amides is 3. The van der Waals surface area contributed by atoms with Crippen LogP contribution in [0.3, 0.4) is 0 Å². The van der Waals surface area contributed by atoms with Crippen molar-refractivity contribution >= 4 is 17.7 Å². The molecule has 0 bridgehead atoms. The Hall–Kier alpha value is -1.67. The maximum absolute atomic E-state index is 12.2. The Kier molecular flexibility index (Phi) is 5.58. The highest BCUT2D eigenvalue weighted by Crippen LogP contribution is 2.37. The lowest BCUT2D eigenvalue weighted by Gasteiger charge is -2.33. The second kappa shape index (κ2) is 7.70. The van der Waals surface area contributed by atoms with Gasteiger partial charge in [-0.3, -0.25) is 14.4 Å². The summed E-state index contributed by atoms with van der Waals surface area (Å²) in [7, 11) is 0. The predicted octanol–water partition coefficient (Wildman–Crippen LogP) is -0.131. The van der Waals surface area contributed by atoms with E-state index in [0.717, 1.165) is 25.7 Å². The molecule has 25 heavy (non-hydrogen) atoms. The van der Waals surface area contributed by atoms with Gasteiger partial charge in [0, 0.05) is 52.5 Å². The molecule has 0 aromatic heterocycles. The van der Waals surface area contributed by atoms with Crippen LogP contribution in [0, 0.1) is 0 Å². The Morgan fingerprint density at radius 2 is 1.68 bits per heavy atom. The molecular weight excluding hydrogens is 326 g/mol. The number of hydrogen-bond acceptors (Lipinski definition) is 5. The van der Waals surface area contributed by atoms with E-state index in [0.29, 0.717) is 32.8 Å². The number of carbonyl (C=O) groups is 3. The van der Waals surface area contributed by atoms with E-state index in [1.165, 1.54) is 18.2 Å². The van der Waals surface area contributed by atoms with Crippen LogP contribution in [0.2, 0.25) is 0 Å². The highest BCUT2D eigenvalue weighted by atomic mass is 16.7. The molecule has 1 spiro atoms. The Morgan fingerprint density at radius 1 is 1.04 bits per heavy atom. The van der Waals surface area contributed by atoms with Gasteiger partial charge in [0.2, 0.25) is 5.91 Å². The van der Waals surface area contributed by atoms with E-state index >= 15 is 0 Å². The summed E-state index contributed by atoms with van der Waals surface area (Å²) >= 11 is 0. The zero-order valence-electron chi connectivity index (χ0n) is 14.8. The van der Waals surface area contributed by atoms with Crippen molar-refractivity contribution in [2.24, 2.45) is 0 Å². The van der Waals surface area contributed by atoms with Gasteiger partial charge in [0.25, 0.3) is 0 Å². The fourth-order valence-electron chi connectivity index (χ4n) is 3.72. The second-order valence-corrected chi connectivity index (χ2v) is 7.03. The molecule has 8 heteroatoms. The molecule has 8 nitrogen and oxygen atoms in total. The van der Waals surface area contributed by atoms with E-state index in [9.17, 15) is 14.4 Å². The molecule has 1 saturated carbocycles. The molecule has 0 aromatic rings. The van der Waals surface area contributed by atoms with Crippen molar-refractivity contribution < 1.29 is 23.9 Å². The topological polar surface area (TPSA) is 88.2 Å². The quantitative estimate of drug-likeness (QED) is 0.699. The molecule has 3 aliphatic rings. The van der Waals surface area contributed by atoms with Crippen LogP contribution in [-0.4, -0.2) is 78.7 Å². The molecule has 3 amide bonds. The summed E-state index contributed by atoms with van der Waals surface area (Å²) < 4.78 is 11.8. The number of hydrogen-bond donors (Lipinski definition) is 1. The average molecular weight is 353 g/mol. The molecule has 2 saturated heterocycles. The summed E-state index contributed by atoms with van der Waals surface area (Å²) in [5, 5.41) is 2.66. The zero-order valence-corrected chi connectivity index (χ0v) is 14.8.